The lowest BCUT2D eigenvalue weighted by molar-refractivity contribution is -0.158. The molecule has 0 aliphatic carbocycles. The maximum Gasteiger partial charge on any atom is 0.329 e. The van der Waals surface area contributed by atoms with Crippen LogP contribution in [0.5, 0.6) is 0 Å². The highest BCUT2D eigenvalue weighted by molar-refractivity contribution is 6.06. The number of amides is 2. The van der Waals surface area contributed by atoms with Crippen molar-refractivity contribution >= 4 is 17.8 Å². The van der Waals surface area contributed by atoms with Gasteiger partial charge >= 0.3 is 5.97 Å². The maximum absolute atomic E-state index is 12.0. The van der Waals surface area contributed by atoms with Crippen LogP contribution in [0.4, 0.5) is 0 Å². The first-order chi connectivity index (χ1) is 9.36. The van der Waals surface area contributed by atoms with Crippen molar-refractivity contribution in [2.45, 2.75) is 38.6 Å². The van der Waals surface area contributed by atoms with Gasteiger partial charge in [-0.15, -0.1) is 0 Å². The van der Waals surface area contributed by atoms with Gasteiger partial charge in [-0.1, -0.05) is 13.0 Å². The van der Waals surface area contributed by atoms with Gasteiger partial charge in [-0.25, -0.2) is 4.79 Å². The summed E-state index contributed by atoms with van der Waals surface area (Å²) in [5.41, 5.74) is 5.37. The van der Waals surface area contributed by atoms with E-state index in [1.165, 1.54) is 6.92 Å². The van der Waals surface area contributed by atoms with E-state index in [0.717, 1.165) is 6.42 Å². The summed E-state index contributed by atoms with van der Waals surface area (Å²) >= 11 is 0. The van der Waals surface area contributed by atoms with Crippen LogP contribution in [0.25, 0.3) is 0 Å². The lowest BCUT2D eigenvalue weighted by Gasteiger charge is -2.26. The number of aliphatic carboxylic acids is 1. The molecule has 7 heteroatoms. The second-order valence-corrected chi connectivity index (χ2v) is 4.49. The predicted molar refractivity (Wildman–Crippen MR) is 72.7 cm³/mol. The number of hydrogen-bond acceptors (Lipinski definition) is 5. The first-order valence-electron chi connectivity index (χ1n) is 6.42. The third kappa shape index (κ3) is 5.50. The Kier molecular flexibility index (Phi) is 8.42. The van der Waals surface area contributed by atoms with E-state index in [0.29, 0.717) is 24.3 Å². The van der Waals surface area contributed by atoms with Gasteiger partial charge in [0.1, 0.15) is 0 Å². The first-order valence-corrected chi connectivity index (χ1v) is 6.42. The van der Waals surface area contributed by atoms with Gasteiger partial charge < -0.3 is 15.9 Å². The van der Waals surface area contributed by atoms with Crippen LogP contribution in [0.1, 0.15) is 32.6 Å². The molecule has 0 fully saturated rings. The Hall–Kier alpha value is -1.73. The van der Waals surface area contributed by atoms with E-state index in [9.17, 15) is 14.4 Å². The van der Waals surface area contributed by atoms with Gasteiger partial charge in [0, 0.05) is 12.0 Å². The molecule has 2 amide bonds. The first kappa shape index (κ1) is 18.3. The van der Waals surface area contributed by atoms with Crippen molar-refractivity contribution in [3.63, 3.8) is 0 Å². The number of carbonyl (C=O) groups is 3. The molecule has 114 valence electrons. The second kappa shape index (κ2) is 9.22. The van der Waals surface area contributed by atoms with E-state index in [4.69, 9.17) is 15.9 Å². The molecule has 0 heterocycles. The Morgan fingerprint density at radius 1 is 1.25 bits per heavy atom. The Morgan fingerprint density at radius 3 is 2.25 bits per heavy atom. The Balaban J connectivity index is 4.92. The number of carbonyl (C=O) groups excluding carboxylic acids is 2. The Labute approximate surface area is 118 Å². The fourth-order valence-electron chi connectivity index (χ4n) is 1.62. The zero-order chi connectivity index (χ0) is 15.7. The van der Waals surface area contributed by atoms with Gasteiger partial charge in [-0.2, -0.15) is 0 Å². The summed E-state index contributed by atoms with van der Waals surface area (Å²) in [6.07, 6.45) is 2.01. The highest BCUT2D eigenvalue weighted by Gasteiger charge is 2.33. The second-order valence-electron chi connectivity index (χ2n) is 4.49. The number of rotatable bonds is 9. The van der Waals surface area contributed by atoms with Gasteiger partial charge in [0.2, 0.25) is 5.91 Å². The van der Waals surface area contributed by atoms with Crippen molar-refractivity contribution in [3.8, 4) is 0 Å². The van der Waals surface area contributed by atoms with Gasteiger partial charge in [0.25, 0.3) is 5.91 Å². The van der Waals surface area contributed by atoms with Crippen LogP contribution >= 0.6 is 0 Å². The highest BCUT2D eigenvalue weighted by atomic mass is 16.4. The summed E-state index contributed by atoms with van der Waals surface area (Å²) in [6, 6.07) is -1.58. The van der Waals surface area contributed by atoms with Crippen molar-refractivity contribution in [2.75, 3.05) is 13.2 Å². The quantitative estimate of drug-likeness (QED) is 0.401. The molecular formula is C13H22N2O5. The molecule has 1 atom stereocenters. The van der Waals surface area contributed by atoms with E-state index in [1.807, 2.05) is 0 Å². The molecule has 0 spiro atoms. The molecule has 0 rings (SSSR count). The van der Waals surface area contributed by atoms with Crippen molar-refractivity contribution in [1.29, 1.82) is 0 Å². The van der Waals surface area contributed by atoms with Crippen LogP contribution in [0.15, 0.2) is 12.2 Å². The molecule has 0 unspecified atom stereocenters. The number of unbranched alkanes of at least 4 members (excludes halogenated alkanes) is 2. The number of hydrogen-bond donors (Lipinski definition) is 3. The summed E-state index contributed by atoms with van der Waals surface area (Å²) < 4.78 is 0. The SMILES string of the molecule is C=C(C)C(=O)N(C(=O)CCCCCN)[C@@H](CO)C(=O)O. The minimum Gasteiger partial charge on any atom is -0.480 e. The average Bonchev–Trinajstić information content (AvgIpc) is 2.39. The molecule has 0 aliphatic heterocycles. The molecule has 7 nitrogen and oxygen atoms in total. The molecule has 0 aromatic rings. The van der Waals surface area contributed by atoms with Crippen LogP contribution in [0.3, 0.4) is 0 Å². The fraction of sp³-hybridized carbons (Fsp3) is 0.615. The molecule has 4 N–H and O–H groups in total. The lowest BCUT2D eigenvalue weighted by Crippen LogP contribution is -2.50. The summed E-state index contributed by atoms with van der Waals surface area (Å²) in [4.78, 5) is 35.5. The maximum atomic E-state index is 12.0. The Morgan fingerprint density at radius 2 is 1.85 bits per heavy atom. The minimum absolute atomic E-state index is 0.0306. The Bertz CT molecular complexity index is 381. The molecule has 0 aromatic heterocycles. The van der Waals surface area contributed by atoms with Crippen molar-refractivity contribution in [2.24, 2.45) is 5.73 Å². The monoisotopic (exact) mass is 286 g/mol. The van der Waals surface area contributed by atoms with Crippen LogP contribution in [0, 0.1) is 0 Å². The van der Waals surface area contributed by atoms with Crippen LogP contribution in [-0.2, 0) is 14.4 Å². The molecule has 0 saturated heterocycles. The number of carboxylic acid groups (broad SMARTS) is 1. The zero-order valence-electron chi connectivity index (χ0n) is 11.7. The van der Waals surface area contributed by atoms with Crippen LogP contribution in [-0.4, -0.2) is 52.1 Å². The summed E-state index contributed by atoms with van der Waals surface area (Å²) in [5.74, 6) is -2.84. The third-order valence-electron chi connectivity index (χ3n) is 2.72. The van der Waals surface area contributed by atoms with Crippen molar-refractivity contribution < 1.29 is 24.6 Å². The summed E-state index contributed by atoms with van der Waals surface area (Å²) in [6.45, 7) is 4.47. The standard InChI is InChI=1S/C13H22N2O5/c1-9(2)12(18)15(10(8-16)13(19)20)11(17)6-4-3-5-7-14/h10,16H,1,3-8,14H2,2H3,(H,19,20)/t10-/m0/s1. The highest BCUT2D eigenvalue weighted by Crippen LogP contribution is 2.11. The molecule has 0 bridgehead atoms. The molecule has 0 aliphatic rings. The largest absolute Gasteiger partial charge is 0.480 e. The van der Waals surface area contributed by atoms with E-state index < -0.39 is 30.4 Å². The molecule has 20 heavy (non-hydrogen) atoms. The van der Waals surface area contributed by atoms with Gasteiger partial charge in [-0.05, 0) is 26.3 Å². The molecule has 0 radical (unpaired) electrons. The number of carboxylic acids is 1. The molecule has 0 aromatic carbocycles. The number of aliphatic hydroxyl groups is 1. The smallest absolute Gasteiger partial charge is 0.329 e. The molecular weight excluding hydrogens is 264 g/mol. The number of imide groups is 1. The summed E-state index contributed by atoms with van der Waals surface area (Å²) in [7, 11) is 0. The minimum atomic E-state index is -1.58. The van der Waals surface area contributed by atoms with E-state index in [1.54, 1.807) is 0 Å². The third-order valence-corrected chi connectivity index (χ3v) is 2.72. The zero-order valence-corrected chi connectivity index (χ0v) is 11.7. The normalized spacial score (nSPS) is 11.8. The predicted octanol–water partition coefficient (Wildman–Crippen LogP) is -0.118. The number of aliphatic hydroxyl groups excluding tert-OH is 1. The number of nitrogens with zero attached hydrogens (tertiary/aromatic N) is 1. The van der Waals surface area contributed by atoms with E-state index in [-0.39, 0.29) is 12.0 Å². The average molecular weight is 286 g/mol. The number of nitrogens with two attached hydrogens (primary N) is 1. The fourth-order valence-corrected chi connectivity index (χ4v) is 1.62. The topological polar surface area (TPSA) is 121 Å². The van der Waals surface area contributed by atoms with Crippen LogP contribution in [0.2, 0.25) is 0 Å². The summed E-state index contributed by atoms with van der Waals surface area (Å²) in [5, 5.41) is 18.1. The van der Waals surface area contributed by atoms with Crippen molar-refractivity contribution in [1.82, 2.24) is 4.90 Å². The van der Waals surface area contributed by atoms with Gasteiger partial charge in [-0.3, -0.25) is 14.5 Å². The molecule has 0 saturated carbocycles. The van der Waals surface area contributed by atoms with E-state index in [2.05, 4.69) is 6.58 Å². The van der Waals surface area contributed by atoms with Crippen LogP contribution < -0.4 is 5.73 Å². The lowest BCUT2D eigenvalue weighted by atomic mass is 10.1. The van der Waals surface area contributed by atoms with Gasteiger partial charge in [0.15, 0.2) is 6.04 Å². The van der Waals surface area contributed by atoms with Crippen molar-refractivity contribution in [3.05, 3.63) is 12.2 Å². The van der Waals surface area contributed by atoms with Gasteiger partial charge in [0.05, 0.1) is 6.61 Å². The van der Waals surface area contributed by atoms with E-state index >= 15 is 0 Å².